The number of hydrogen-bond donors (Lipinski definition) is 1. The average molecular weight is 275 g/mol. The van der Waals surface area contributed by atoms with Gasteiger partial charge in [0.2, 0.25) is 0 Å². The van der Waals surface area contributed by atoms with Gasteiger partial charge in [-0.1, -0.05) is 53.6 Å². The fraction of sp³-hybridized carbons (Fsp3) is 0.294. The third-order valence-corrected chi connectivity index (χ3v) is 3.78. The van der Waals surface area contributed by atoms with Gasteiger partial charge in [0.15, 0.2) is 0 Å². The molecule has 19 heavy (non-hydrogen) atoms. The molecule has 0 aliphatic rings. The first-order valence-electron chi connectivity index (χ1n) is 6.56. The van der Waals surface area contributed by atoms with E-state index in [1.807, 2.05) is 25.1 Å². The zero-order chi connectivity index (χ0) is 13.8. The summed E-state index contributed by atoms with van der Waals surface area (Å²) in [6.45, 7) is 4.05. The molecule has 0 amide bonds. The smallest absolute Gasteiger partial charge is 0.0793 e. The zero-order valence-corrected chi connectivity index (χ0v) is 12.1. The van der Waals surface area contributed by atoms with Crippen LogP contribution in [-0.4, -0.2) is 5.11 Å². The summed E-state index contributed by atoms with van der Waals surface area (Å²) in [5.74, 6) is 0. The van der Waals surface area contributed by atoms with Gasteiger partial charge in [0.1, 0.15) is 0 Å². The molecule has 0 spiro atoms. The van der Waals surface area contributed by atoms with Crippen molar-refractivity contribution in [3.8, 4) is 0 Å². The first kappa shape index (κ1) is 14.1. The number of hydrogen-bond acceptors (Lipinski definition) is 1. The van der Waals surface area contributed by atoms with Crippen LogP contribution in [0, 0.1) is 13.8 Å². The lowest BCUT2D eigenvalue weighted by atomic mass is 10.00. The molecule has 0 fully saturated rings. The number of aryl methyl sites for hydroxylation is 3. The van der Waals surface area contributed by atoms with Crippen molar-refractivity contribution >= 4 is 11.6 Å². The van der Waals surface area contributed by atoms with Crippen LogP contribution in [0.1, 0.15) is 34.8 Å². The fourth-order valence-electron chi connectivity index (χ4n) is 2.15. The van der Waals surface area contributed by atoms with Gasteiger partial charge in [-0.05, 0) is 49.4 Å². The van der Waals surface area contributed by atoms with Crippen LogP contribution in [0.5, 0.6) is 0 Å². The summed E-state index contributed by atoms with van der Waals surface area (Å²) in [6.07, 6.45) is 1.12. The normalized spacial score (nSPS) is 12.4. The molecule has 2 aromatic carbocycles. The minimum absolute atomic E-state index is 0.460. The van der Waals surface area contributed by atoms with Crippen molar-refractivity contribution in [1.29, 1.82) is 0 Å². The summed E-state index contributed by atoms with van der Waals surface area (Å²) < 4.78 is 0. The van der Waals surface area contributed by atoms with Crippen LogP contribution in [0.3, 0.4) is 0 Å². The van der Waals surface area contributed by atoms with E-state index in [4.69, 9.17) is 11.6 Å². The van der Waals surface area contributed by atoms with E-state index >= 15 is 0 Å². The van der Waals surface area contributed by atoms with Gasteiger partial charge >= 0.3 is 0 Å². The summed E-state index contributed by atoms with van der Waals surface area (Å²) >= 11 is 6.08. The zero-order valence-electron chi connectivity index (χ0n) is 11.4. The van der Waals surface area contributed by atoms with Gasteiger partial charge in [0, 0.05) is 5.02 Å². The molecule has 2 heteroatoms. The molecule has 2 rings (SSSR count). The Kier molecular flexibility index (Phi) is 4.62. The van der Waals surface area contributed by atoms with E-state index in [0.717, 1.165) is 17.5 Å². The van der Waals surface area contributed by atoms with Gasteiger partial charge in [-0.15, -0.1) is 0 Å². The van der Waals surface area contributed by atoms with E-state index in [-0.39, 0.29) is 0 Å². The molecule has 0 radical (unpaired) electrons. The van der Waals surface area contributed by atoms with Crippen molar-refractivity contribution in [2.24, 2.45) is 0 Å². The molecular formula is C17H19ClO. The molecule has 0 aliphatic carbocycles. The molecule has 1 atom stereocenters. The van der Waals surface area contributed by atoms with Crippen LogP contribution in [0.4, 0.5) is 0 Å². The highest BCUT2D eigenvalue weighted by Crippen LogP contribution is 2.24. The monoisotopic (exact) mass is 274 g/mol. The van der Waals surface area contributed by atoms with Crippen LogP contribution >= 0.6 is 11.6 Å². The lowest BCUT2D eigenvalue weighted by Crippen LogP contribution is -2.00. The van der Waals surface area contributed by atoms with Crippen molar-refractivity contribution in [1.82, 2.24) is 0 Å². The summed E-state index contributed by atoms with van der Waals surface area (Å²) in [5.41, 5.74) is 4.45. The molecule has 1 unspecified atom stereocenters. The molecule has 100 valence electrons. The molecule has 0 heterocycles. The van der Waals surface area contributed by atoms with Crippen LogP contribution in [0.15, 0.2) is 42.5 Å². The molecule has 0 saturated carbocycles. The highest BCUT2D eigenvalue weighted by atomic mass is 35.5. The number of benzene rings is 2. The predicted octanol–water partition coefficient (Wildman–Crippen LogP) is 4.62. The molecular weight excluding hydrogens is 256 g/mol. The van der Waals surface area contributed by atoms with Crippen LogP contribution in [0.2, 0.25) is 5.02 Å². The maximum Gasteiger partial charge on any atom is 0.0793 e. The van der Waals surface area contributed by atoms with Crippen molar-refractivity contribution in [2.45, 2.75) is 32.8 Å². The van der Waals surface area contributed by atoms with Gasteiger partial charge in [-0.3, -0.25) is 0 Å². The maximum absolute atomic E-state index is 10.2. The summed E-state index contributed by atoms with van der Waals surface area (Å²) in [4.78, 5) is 0. The number of aliphatic hydroxyl groups excluding tert-OH is 1. The Labute approximate surface area is 119 Å². The van der Waals surface area contributed by atoms with E-state index in [9.17, 15) is 5.11 Å². The van der Waals surface area contributed by atoms with Crippen molar-refractivity contribution < 1.29 is 5.11 Å². The Bertz CT molecular complexity index is 563. The van der Waals surface area contributed by atoms with E-state index in [0.29, 0.717) is 11.4 Å². The van der Waals surface area contributed by atoms with Gasteiger partial charge in [0.05, 0.1) is 6.10 Å². The minimum atomic E-state index is -0.460. The van der Waals surface area contributed by atoms with E-state index in [1.165, 1.54) is 11.1 Å². The SMILES string of the molecule is Cc1cccc(CCC(O)c2ccc(C)c(Cl)c2)c1. The Hall–Kier alpha value is -1.31. The third-order valence-electron chi connectivity index (χ3n) is 3.37. The minimum Gasteiger partial charge on any atom is -0.388 e. The molecule has 1 N–H and O–H groups in total. The predicted molar refractivity (Wildman–Crippen MR) is 80.6 cm³/mol. The largest absolute Gasteiger partial charge is 0.388 e. The Morgan fingerprint density at radius 3 is 2.58 bits per heavy atom. The summed E-state index contributed by atoms with van der Waals surface area (Å²) in [7, 11) is 0. The quantitative estimate of drug-likeness (QED) is 0.862. The van der Waals surface area contributed by atoms with Crippen molar-refractivity contribution in [2.75, 3.05) is 0 Å². The first-order chi connectivity index (χ1) is 9.06. The standard InChI is InChI=1S/C17H19ClO/c1-12-4-3-5-14(10-12)7-9-17(19)15-8-6-13(2)16(18)11-15/h3-6,8,10-11,17,19H,7,9H2,1-2H3. The average Bonchev–Trinajstić information content (AvgIpc) is 2.39. The van der Waals surface area contributed by atoms with Crippen molar-refractivity contribution in [3.63, 3.8) is 0 Å². The third kappa shape index (κ3) is 3.82. The molecule has 0 saturated heterocycles. The molecule has 0 aliphatic heterocycles. The van der Waals surface area contributed by atoms with Gasteiger partial charge in [-0.25, -0.2) is 0 Å². The maximum atomic E-state index is 10.2. The van der Waals surface area contributed by atoms with E-state index in [2.05, 4.69) is 31.2 Å². The lowest BCUT2D eigenvalue weighted by Gasteiger charge is -2.12. The van der Waals surface area contributed by atoms with Gasteiger partial charge in [0.25, 0.3) is 0 Å². The Morgan fingerprint density at radius 2 is 1.89 bits per heavy atom. The molecule has 1 nitrogen and oxygen atoms in total. The van der Waals surface area contributed by atoms with E-state index < -0.39 is 6.10 Å². The molecule has 2 aromatic rings. The van der Waals surface area contributed by atoms with Gasteiger partial charge in [-0.2, -0.15) is 0 Å². The first-order valence-corrected chi connectivity index (χ1v) is 6.94. The Balaban J connectivity index is 2.01. The second kappa shape index (κ2) is 6.23. The summed E-state index contributed by atoms with van der Waals surface area (Å²) in [6, 6.07) is 14.2. The number of rotatable bonds is 4. The lowest BCUT2D eigenvalue weighted by molar-refractivity contribution is 0.168. The van der Waals surface area contributed by atoms with Crippen molar-refractivity contribution in [3.05, 3.63) is 69.7 Å². The fourth-order valence-corrected chi connectivity index (χ4v) is 2.34. The summed E-state index contributed by atoms with van der Waals surface area (Å²) in [5, 5.41) is 10.9. The van der Waals surface area contributed by atoms with Gasteiger partial charge < -0.3 is 5.11 Å². The second-order valence-corrected chi connectivity index (χ2v) is 5.46. The van der Waals surface area contributed by atoms with Crippen LogP contribution in [-0.2, 0) is 6.42 Å². The second-order valence-electron chi connectivity index (χ2n) is 5.05. The molecule has 0 aromatic heterocycles. The highest BCUT2D eigenvalue weighted by molar-refractivity contribution is 6.31. The highest BCUT2D eigenvalue weighted by Gasteiger charge is 2.09. The number of halogens is 1. The number of aliphatic hydroxyl groups is 1. The Morgan fingerprint density at radius 1 is 1.11 bits per heavy atom. The van der Waals surface area contributed by atoms with E-state index in [1.54, 1.807) is 0 Å². The molecule has 0 bridgehead atoms. The van der Waals surface area contributed by atoms with Crippen LogP contribution < -0.4 is 0 Å². The van der Waals surface area contributed by atoms with Crippen LogP contribution in [0.25, 0.3) is 0 Å². The topological polar surface area (TPSA) is 20.2 Å².